The highest BCUT2D eigenvalue weighted by molar-refractivity contribution is 7.89. The third-order valence-corrected chi connectivity index (χ3v) is 5.24. The van der Waals surface area contributed by atoms with E-state index in [-0.39, 0.29) is 22.9 Å². The van der Waals surface area contributed by atoms with Crippen molar-refractivity contribution >= 4 is 15.9 Å². The summed E-state index contributed by atoms with van der Waals surface area (Å²) in [7, 11) is -3.52. The molecule has 1 heterocycles. The Bertz CT molecular complexity index is 626. The smallest absolute Gasteiger partial charge is 0.254 e. The summed E-state index contributed by atoms with van der Waals surface area (Å²) in [5.74, 6) is -0.0604. The van der Waals surface area contributed by atoms with Gasteiger partial charge in [-0.25, -0.2) is 13.1 Å². The van der Waals surface area contributed by atoms with E-state index in [4.69, 9.17) is 0 Å². The number of nitrogens with zero attached hydrogens (tertiary/aromatic N) is 1. The largest absolute Gasteiger partial charge is 0.333 e. The lowest BCUT2D eigenvalue weighted by Crippen LogP contribution is -2.52. The van der Waals surface area contributed by atoms with Gasteiger partial charge in [-0.1, -0.05) is 0 Å². The molecule has 1 saturated heterocycles. The second-order valence-electron chi connectivity index (χ2n) is 5.85. The van der Waals surface area contributed by atoms with Crippen LogP contribution in [0.3, 0.4) is 0 Å². The molecule has 0 bridgehead atoms. The fourth-order valence-electron chi connectivity index (χ4n) is 2.46. The van der Waals surface area contributed by atoms with Gasteiger partial charge in [0.2, 0.25) is 10.0 Å². The van der Waals surface area contributed by atoms with Crippen LogP contribution in [0, 0.1) is 0 Å². The summed E-state index contributed by atoms with van der Waals surface area (Å²) in [6.07, 6.45) is 0. The topological polar surface area (TPSA) is 78.5 Å². The van der Waals surface area contributed by atoms with Crippen LogP contribution in [0.2, 0.25) is 0 Å². The maximum Gasteiger partial charge on any atom is 0.254 e. The van der Waals surface area contributed by atoms with Crippen molar-refractivity contribution in [2.24, 2.45) is 0 Å². The number of hydrogen-bond donors (Lipinski definition) is 2. The highest BCUT2D eigenvalue weighted by atomic mass is 32.2. The summed E-state index contributed by atoms with van der Waals surface area (Å²) >= 11 is 0. The van der Waals surface area contributed by atoms with Crippen LogP contribution in [-0.4, -0.2) is 50.9 Å². The van der Waals surface area contributed by atoms with Gasteiger partial charge in [0.05, 0.1) is 4.90 Å². The molecule has 0 aromatic heterocycles. The number of nitrogens with one attached hydrogen (secondary N) is 2. The molecule has 2 N–H and O–H groups in total. The molecule has 1 aromatic carbocycles. The van der Waals surface area contributed by atoms with Gasteiger partial charge in [-0.2, -0.15) is 0 Å². The minimum absolute atomic E-state index is 0.0604. The highest BCUT2D eigenvalue weighted by Gasteiger charge is 2.24. The Balaban J connectivity index is 2.16. The van der Waals surface area contributed by atoms with Crippen molar-refractivity contribution in [2.75, 3.05) is 19.6 Å². The Labute approximate surface area is 131 Å². The summed E-state index contributed by atoms with van der Waals surface area (Å²) in [6.45, 7) is 7.74. The monoisotopic (exact) mass is 325 g/mol. The molecule has 1 atom stereocenters. The molecule has 1 amide bonds. The molecule has 0 spiro atoms. The lowest BCUT2D eigenvalue weighted by atomic mass is 10.1. The average Bonchev–Trinajstić information content (AvgIpc) is 2.46. The minimum atomic E-state index is -3.52. The molecular weight excluding hydrogens is 302 g/mol. The zero-order valence-corrected chi connectivity index (χ0v) is 14.0. The van der Waals surface area contributed by atoms with E-state index in [1.807, 2.05) is 11.8 Å². The van der Waals surface area contributed by atoms with Crippen LogP contribution in [0.15, 0.2) is 29.2 Å². The van der Waals surface area contributed by atoms with Crippen molar-refractivity contribution in [3.05, 3.63) is 29.8 Å². The van der Waals surface area contributed by atoms with Gasteiger partial charge in [0.1, 0.15) is 0 Å². The van der Waals surface area contributed by atoms with Crippen LogP contribution in [0.5, 0.6) is 0 Å². The maximum atomic E-state index is 12.5. The maximum absolute atomic E-state index is 12.5. The van der Waals surface area contributed by atoms with Crippen molar-refractivity contribution in [3.8, 4) is 0 Å². The first kappa shape index (κ1) is 16.9. The fourth-order valence-corrected chi connectivity index (χ4v) is 3.71. The SMILES string of the molecule is CC(C)NS(=O)(=O)c1ccc(C(=O)N2CCNC[C@H]2C)cc1. The van der Waals surface area contributed by atoms with Gasteiger partial charge in [-0.05, 0) is 45.0 Å². The molecule has 1 aliphatic heterocycles. The molecule has 2 rings (SSSR count). The standard InChI is InChI=1S/C15H23N3O3S/c1-11(2)17-22(20,21)14-6-4-13(5-7-14)15(19)18-9-8-16-10-12(18)3/h4-7,11-12,16-17H,8-10H2,1-3H3/t12-/m1/s1. The molecule has 0 unspecified atom stereocenters. The average molecular weight is 325 g/mol. The molecule has 1 aromatic rings. The third kappa shape index (κ3) is 3.85. The normalized spacial score (nSPS) is 19.5. The van der Waals surface area contributed by atoms with Crippen molar-refractivity contribution in [2.45, 2.75) is 37.8 Å². The van der Waals surface area contributed by atoms with E-state index in [0.717, 1.165) is 13.1 Å². The first-order valence-electron chi connectivity index (χ1n) is 7.45. The Morgan fingerprint density at radius 3 is 2.50 bits per heavy atom. The van der Waals surface area contributed by atoms with Crippen molar-refractivity contribution in [1.82, 2.24) is 14.9 Å². The number of rotatable bonds is 4. The summed E-state index contributed by atoms with van der Waals surface area (Å²) in [4.78, 5) is 14.5. The van der Waals surface area contributed by atoms with Crippen molar-refractivity contribution in [3.63, 3.8) is 0 Å². The Hall–Kier alpha value is -1.44. The van der Waals surface area contributed by atoms with Crippen LogP contribution in [-0.2, 0) is 10.0 Å². The van der Waals surface area contributed by atoms with Gasteiger partial charge in [-0.3, -0.25) is 4.79 Å². The van der Waals surface area contributed by atoms with E-state index in [0.29, 0.717) is 12.1 Å². The summed E-state index contributed by atoms with van der Waals surface area (Å²) in [5, 5.41) is 3.24. The number of amides is 1. The van der Waals surface area contributed by atoms with E-state index < -0.39 is 10.0 Å². The summed E-state index contributed by atoms with van der Waals surface area (Å²) in [5.41, 5.74) is 0.511. The van der Waals surface area contributed by atoms with Crippen LogP contribution in [0.1, 0.15) is 31.1 Å². The Kier molecular flexibility index (Phi) is 5.20. The van der Waals surface area contributed by atoms with Crippen LogP contribution in [0.25, 0.3) is 0 Å². The fraction of sp³-hybridized carbons (Fsp3) is 0.533. The zero-order chi connectivity index (χ0) is 16.3. The van der Waals surface area contributed by atoms with Gasteiger partial charge in [0.15, 0.2) is 0 Å². The first-order valence-corrected chi connectivity index (χ1v) is 8.93. The number of hydrogen-bond acceptors (Lipinski definition) is 4. The third-order valence-electron chi connectivity index (χ3n) is 3.56. The van der Waals surface area contributed by atoms with Gasteiger partial charge in [0.25, 0.3) is 5.91 Å². The molecule has 22 heavy (non-hydrogen) atoms. The lowest BCUT2D eigenvalue weighted by molar-refractivity contribution is 0.0655. The summed E-state index contributed by atoms with van der Waals surface area (Å²) < 4.78 is 26.6. The molecule has 6 nitrogen and oxygen atoms in total. The predicted molar refractivity (Wildman–Crippen MR) is 85.3 cm³/mol. The first-order chi connectivity index (χ1) is 10.3. The summed E-state index contributed by atoms with van der Waals surface area (Å²) in [6, 6.07) is 6.06. The Morgan fingerprint density at radius 2 is 1.95 bits per heavy atom. The highest BCUT2D eigenvalue weighted by Crippen LogP contribution is 2.14. The van der Waals surface area contributed by atoms with E-state index in [9.17, 15) is 13.2 Å². The van der Waals surface area contributed by atoms with E-state index >= 15 is 0 Å². The van der Waals surface area contributed by atoms with Crippen molar-refractivity contribution in [1.29, 1.82) is 0 Å². The number of piperazine rings is 1. The molecule has 0 aliphatic carbocycles. The van der Waals surface area contributed by atoms with Crippen LogP contribution >= 0.6 is 0 Å². The number of carbonyl (C=O) groups is 1. The number of sulfonamides is 1. The van der Waals surface area contributed by atoms with Gasteiger partial charge >= 0.3 is 0 Å². The van der Waals surface area contributed by atoms with Crippen molar-refractivity contribution < 1.29 is 13.2 Å². The predicted octanol–water partition coefficient (Wildman–Crippen LogP) is 0.807. The molecule has 1 fully saturated rings. The van der Waals surface area contributed by atoms with Crippen LogP contribution < -0.4 is 10.0 Å². The number of carbonyl (C=O) groups excluding carboxylic acids is 1. The zero-order valence-electron chi connectivity index (χ0n) is 13.2. The quantitative estimate of drug-likeness (QED) is 0.858. The van der Waals surface area contributed by atoms with E-state index in [1.54, 1.807) is 26.0 Å². The molecule has 0 radical (unpaired) electrons. The molecule has 0 saturated carbocycles. The molecule has 122 valence electrons. The number of benzene rings is 1. The molecular formula is C15H23N3O3S. The molecule has 7 heteroatoms. The van der Waals surface area contributed by atoms with E-state index in [1.165, 1.54) is 12.1 Å². The van der Waals surface area contributed by atoms with E-state index in [2.05, 4.69) is 10.0 Å². The van der Waals surface area contributed by atoms with Gasteiger partial charge in [-0.15, -0.1) is 0 Å². The lowest BCUT2D eigenvalue weighted by Gasteiger charge is -2.34. The second kappa shape index (κ2) is 6.76. The second-order valence-corrected chi connectivity index (χ2v) is 7.57. The minimum Gasteiger partial charge on any atom is -0.333 e. The Morgan fingerprint density at radius 1 is 1.32 bits per heavy atom. The van der Waals surface area contributed by atoms with Gasteiger partial charge in [0, 0.05) is 37.3 Å². The van der Waals surface area contributed by atoms with Crippen LogP contribution in [0.4, 0.5) is 0 Å². The van der Waals surface area contributed by atoms with Gasteiger partial charge < -0.3 is 10.2 Å². The molecule has 1 aliphatic rings.